The van der Waals surface area contributed by atoms with Crippen LogP contribution < -0.4 is 10.0 Å². The maximum absolute atomic E-state index is 12.4. The quantitative estimate of drug-likeness (QED) is 0.437. The molecule has 1 aliphatic carbocycles. The molecule has 0 fully saturated rings. The highest BCUT2D eigenvalue weighted by Gasteiger charge is 2.20. The van der Waals surface area contributed by atoms with Gasteiger partial charge < -0.3 is 14.8 Å². The van der Waals surface area contributed by atoms with Crippen LogP contribution in [0.2, 0.25) is 0 Å². The molecule has 1 atom stereocenters. The van der Waals surface area contributed by atoms with Crippen LogP contribution in [0.1, 0.15) is 37.3 Å². The number of nitrogens with one attached hydrogen (secondary N) is 2. The molecular weight excluding hydrogens is 384 g/mol. The smallest absolute Gasteiger partial charge is 0.307 e. The van der Waals surface area contributed by atoms with Crippen LogP contribution in [0, 0.1) is 0 Å². The van der Waals surface area contributed by atoms with E-state index in [1.807, 2.05) is 6.07 Å². The third-order valence-electron chi connectivity index (χ3n) is 4.53. The van der Waals surface area contributed by atoms with E-state index in [0.717, 1.165) is 31.2 Å². The first kappa shape index (κ1) is 22.3. The van der Waals surface area contributed by atoms with Gasteiger partial charge in [-0.15, -0.1) is 0 Å². The van der Waals surface area contributed by atoms with Gasteiger partial charge in [0.05, 0.1) is 17.9 Å². The average Bonchev–Trinajstić information content (AvgIpc) is 2.67. The number of methoxy groups -OCH3 is 1. The largest absolute Gasteiger partial charge is 0.453 e. The Morgan fingerprint density at radius 2 is 1.86 bits per heavy atom. The van der Waals surface area contributed by atoms with Crippen LogP contribution in [0.25, 0.3) is 0 Å². The van der Waals surface area contributed by atoms with Crippen molar-refractivity contribution in [2.75, 3.05) is 26.8 Å². The summed E-state index contributed by atoms with van der Waals surface area (Å²) in [6.07, 6.45) is 2.93. The molecule has 0 spiro atoms. The number of carbonyl (C=O) groups excluding carboxylic acids is 2. The zero-order valence-corrected chi connectivity index (χ0v) is 17.1. The van der Waals surface area contributed by atoms with Crippen LogP contribution in [-0.4, -0.2) is 53.2 Å². The van der Waals surface area contributed by atoms with Crippen LogP contribution in [0.15, 0.2) is 23.1 Å². The van der Waals surface area contributed by atoms with E-state index in [0.29, 0.717) is 13.2 Å². The third kappa shape index (κ3) is 6.57. The Labute approximate surface area is 166 Å². The topological polar surface area (TPSA) is 111 Å². The normalized spacial score (nSPS) is 14.8. The Balaban J connectivity index is 1.80. The van der Waals surface area contributed by atoms with Crippen molar-refractivity contribution in [1.29, 1.82) is 0 Å². The zero-order valence-electron chi connectivity index (χ0n) is 16.3. The van der Waals surface area contributed by atoms with Gasteiger partial charge in [0.2, 0.25) is 10.0 Å². The molecule has 2 rings (SSSR count). The summed E-state index contributed by atoms with van der Waals surface area (Å²) < 4.78 is 37.1. The highest BCUT2D eigenvalue weighted by molar-refractivity contribution is 7.89. The summed E-state index contributed by atoms with van der Waals surface area (Å²) in [6.45, 7) is 2.03. The number of aryl methyl sites for hydroxylation is 2. The lowest BCUT2D eigenvalue weighted by atomic mass is 9.92. The van der Waals surface area contributed by atoms with Crippen molar-refractivity contribution >= 4 is 21.9 Å². The lowest BCUT2D eigenvalue weighted by Crippen LogP contribution is -2.38. The van der Waals surface area contributed by atoms with Crippen LogP contribution in [0.5, 0.6) is 0 Å². The minimum atomic E-state index is -3.70. The molecule has 8 nitrogen and oxygen atoms in total. The molecule has 1 aliphatic rings. The van der Waals surface area contributed by atoms with Crippen molar-refractivity contribution in [2.45, 2.75) is 50.0 Å². The minimum absolute atomic E-state index is 0.101. The lowest BCUT2D eigenvalue weighted by molar-refractivity contribution is -0.154. The highest BCUT2D eigenvalue weighted by Crippen LogP contribution is 2.24. The SMILES string of the molecule is COCCNC(=O)[C@@H](C)OC(=O)CCNS(=O)(=O)c1ccc2c(c1)CCCC2. The number of ether oxygens (including phenoxy) is 2. The van der Waals surface area contributed by atoms with E-state index >= 15 is 0 Å². The molecule has 0 unspecified atom stereocenters. The summed E-state index contributed by atoms with van der Waals surface area (Å²) in [4.78, 5) is 23.8. The number of amides is 1. The number of rotatable bonds is 10. The molecular formula is C19H28N2O6S. The van der Waals surface area contributed by atoms with Gasteiger partial charge in [0.15, 0.2) is 6.10 Å². The van der Waals surface area contributed by atoms with Crippen molar-refractivity contribution in [3.05, 3.63) is 29.3 Å². The molecule has 156 valence electrons. The highest BCUT2D eigenvalue weighted by atomic mass is 32.2. The number of sulfonamides is 1. The number of carbonyl (C=O) groups is 2. The van der Waals surface area contributed by atoms with Crippen LogP contribution in [0.4, 0.5) is 0 Å². The van der Waals surface area contributed by atoms with E-state index in [1.54, 1.807) is 12.1 Å². The van der Waals surface area contributed by atoms with Gasteiger partial charge in [-0.05, 0) is 55.9 Å². The van der Waals surface area contributed by atoms with Gasteiger partial charge >= 0.3 is 5.97 Å². The summed E-state index contributed by atoms with van der Waals surface area (Å²) in [6, 6.07) is 5.17. The Morgan fingerprint density at radius 3 is 2.57 bits per heavy atom. The number of esters is 1. The summed E-state index contributed by atoms with van der Waals surface area (Å²) in [7, 11) is -2.19. The molecule has 0 bridgehead atoms. The molecule has 1 amide bonds. The maximum atomic E-state index is 12.4. The fourth-order valence-corrected chi connectivity index (χ4v) is 4.06. The Hall–Kier alpha value is -1.97. The summed E-state index contributed by atoms with van der Waals surface area (Å²) in [5.74, 6) is -1.08. The second kappa shape index (κ2) is 10.5. The number of fused-ring (bicyclic) bond motifs is 1. The number of hydrogen-bond donors (Lipinski definition) is 2. The molecule has 0 aromatic heterocycles. The summed E-state index contributed by atoms with van der Waals surface area (Å²) >= 11 is 0. The van der Waals surface area contributed by atoms with Crippen molar-refractivity contribution in [1.82, 2.24) is 10.0 Å². The molecule has 0 radical (unpaired) electrons. The third-order valence-corrected chi connectivity index (χ3v) is 5.99. The van der Waals surface area contributed by atoms with E-state index in [9.17, 15) is 18.0 Å². The number of hydrogen-bond acceptors (Lipinski definition) is 6. The minimum Gasteiger partial charge on any atom is -0.453 e. The molecule has 28 heavy (non-hydrogen) atoms. The van der Waals surface area contributed by atoms with E-state index in [4.69, 9.17) is 9.47 Å². The van der Waals surface area contributed by atoms with E-state index < -0.39 is 28.0 Å². The molecule has 0 saturated carbocycles. The molecule has 1 aromatic rings. The van der Waals surface area contributed by atoms with Crippen LogP contribution in [0.3, 0.4) is 0 Å². The monoisotopic (exact) mass is 412 g/mol. The zero-order chi connectivity index (χ0) is 20.6. The van der Waals surface area contributed by atoms with Crippen molar-refractivity contribution in [3.63, 3.8) is 0 Å². The fourth-order valence-electron chi connectivity index (χ4n) is 2.98. The van der Waals surface area contributed by atoms with Crippen molar-refractivity contribution < 1.29 is 27.5 Å². The van der Waals surface area contributed by atoms with Gasteiger partial charge in [-0.1, -0.05) is 6.07 Å². The molecule has 0 aliphatic heterocycles. The van der Waals surface area contributed by atoms with Crippen LogP contribution in [-0.2, 0) is 41.9 Å². The Kier molecular flexibility index (Phi) is 8.40. The Morgan fingerprint density at radius 1 is 1.14 bits per heavy atom. The van der Waals surface area contributed by atoms with Gasteiger partial charge in [-0.25, -0.2) is 13.1 Å². The van der Waals surface area contributed by atoms with Gasteiger partial charge in [-0.3, -0.25) is 9.59 Å². The predicted octanol–water partition coefficient (Wildman–Crippen LogP) is 0.928. The van der Waals surface area contributed by atoms with E-state index in [1.165, 1.54) is 19.6 Å². The summed E-state index contributed by atoms with van der Waals surface area (Å²) in [5.41, 5.74) is 2.27. The second-order valence-electron chi connectivity index (χ2n) is 6.70. The number of benzene rings is 1. The first-order valence-electron chi connectivity index (χ1n) is 9.41. The van der Waals surface area contributed by atoms with Gasteiger partial charge in [-0.2, -0.15) is 0 Å². The van der Waals surface area contributed by atoms with E-state index in [-0.39, 0.29) is 17.9 Å². The van der Waals surface area contributed by atoms with Crippen molar-refractivity contribution in [2.24, 2.45) is 0 Å². The summed E-state index contributed by atoms with van der Waals surface area (Å²) in [5, 5.41) is 2.56. The lowest BCUT2D eigenvalue weighted by Gasteiger charge is -2.17. The first-order valence-corrected chi connectivity index (χ1v) is 10.9. The molecule has 9 heteroatoms. The Bertz CT molecular complexity index is 794. The van der Waals surface area contributed by atoms with Crippen molar-refractivity contribution in [3.8, 4) is 0 Å². The van der Waals surface area contributed by atoms with Crippen LogP contribution >= 0.6 is 0 Å². The molecule has 0 saturated heterocycles. The van der Waals surface area contributed by atoms with Gasteiger partial charge in [0.1, 0.15) is 0 Å². The molecule has 2 N–H and O–H groups in total. The standard InChI is InChI=1S/C19H28N2O6S/c1-14(19(23)20-11-12-26-2)27-18(22)9-10-21-28(24,25)17-8-7-15-5-3-4-6-16(15)13-17/h7-8,13-14,21H,3-6,9-12H2,1-2H3,(H,20,23)/t14-/m1/s1. The van der Waals surface area contributed by atoms with Gasteiger partial charge in [0.25, 0.3) is 5.91 Å². The second-order valence-corrected chi connectivity index (χ2v) is 8.47. The average molecular weight is 413 g/mol. The fraction of sp³-hybridized carbons (Fsp3) is 0.579. The molecule has 1 aromatic carbocycles. The van der Waals surface area contributed by atoms with E-state index in [2.05, 4.69) is 10.0 Å². The predicted molar refractivity (Wildman–Crippen MR) is 103 cm³/mol. The molecule has 0 heterocycles. The van der Waals surface area contributed by atoms with Gasteiger partial charge in [0, 0.05) is 20.2 Å². The first-order chi connectivity index (χ1) is 13.3. The maximum Gasteiger partial charge on any atom is 0.307 e.